The minimum atomic E-state index is -2.82. The van der Waals surface area contributed by atoms with Crippen LogP contribution in [0.15, 0.2) is 0 Å². The van der Waals surface area contributed by atoms with Crippen molar-refractivity contribution in [3.63, 3.8) is 0 Å². The molecule has 1 saturated carbocycles. The van der Waals surface area contributed by atoms with Gasteiger partial charge in [0, 0.05) is 18.8 Å². The zero-order valence-corrected chi connectivity index (χ0v) is 11.6. The van der Waals surface area contributed by atoms with Crippen molar-refractivity contribution < 1.29 is 8.42 Å². The molecule has 96 valence electrons. The van der Waals surface area contributed by atoms with Gasteiger partial charge in [-0.3, -0.25) is 0 Å². The largest absolute Gasteiger partial charge is 0.313 e. The van der Waals surface area contributed by atoms with Crippen molar-refractivity contribution in [3.8, 4) is 0 Å². The van der Waals surface area contributed by atoms with Crippen molar-refractivity contribution in [2.75, 3.05) is 18.6 Å². The fourth-order valence-corrected chi connectivity index (χ4v) is 3.02. The van der Waals surface area contributed by atoms with Crippen molar-refractivity contribution in [3.05, 3.63) is 0 Å². The van der Waals surface area contributed by atoms with Gasteiger partial charge in [0.1, 0.15) is 9.84 Å². The molecule has 4 heteroatoms. The molecule has 0 bridgehead atoms. The molecule has 0 atom stereocenters. The summed E-state index contributed by atoms with van der Waals surface area (Å²) in [6, 6.07) is 0.664. The summed E-state index contributed by atoms with van der Waals surface area (Å²) in [5.74, 6) is 0.298. The molecule has 0 aromatic rings. The van der Waals surface area contributed by atoms with E-state index in [0.717, 1.165) is 13.0 Å². The van der Waals surface area contributed by atoms with Crippen molar-refractivity contribution >= 4 is 9.84 Å². The zero-order valence-electron chi connectivity index (χ0n) is 10.8. The normalized spacial score (nSPS) is 19.2. The van der Waals surface area contributed by atoms with Crippen molar-refractivity contribution in [2.45, 2.75) is 52.0 Å². The van der Waals surface area contributed by atoms with Crippen LogP contribution < -0.4 is 5.32 Å². The molecule has 0 amide bonds. The third kappa shape index (κ3) is 5.85. The van der Waals surface area contributed by atoms with Crippen molar-refractivity contribution in [1.29, 1.82) is 0 Å². The summed E-state index contributed by atoms with van der Waals surface area (Å²) in [5, 5.41) is 3.56. The van der Waals surface area contributed by atoms with Gasteiger partial charge in [-0.15, -0.1) is 0 Å². The Labute approximate surface area is 99.9 Å². The molecule has 0 saturated heterocycles. The molecule has 1 N–H and O–H groups in total. The van der Waals surface area contributed by atoms with Gasteiger partial charge in [-0.2, -0.15) is 0 Å². The minimum absolute atomic E-state index is 0.0751. The second kappa shape index (κ2) is 5.50. The lowest BCUT2D eigenvalue weighted by Gasteiger charge is -2.26. The Morgan fingerprint density at radius 1 is 1.25 bits per heavy atom. The average molecular weight is 247 g/mol. The minimum Gasteiger partial charge on any atom is -0.313 e. The molecule has 16 heavy (non-hydrogen) atoms. The predicted octanol–water partition coefficient (Wildman–Crippen LogP) is 1.98. The van der Waals surface area contributed by atoms with Gasteiger partial charge in [0.05, 0.1) is 5.75 Å². The summed E-state index contributed by atoms with van der Waals surface area (Å²) < 4.78 is 22.2. The summed E-state index contributed by atoms with van der Waals surface area (Å²) in [6.45, 7) is 5.20. The lowest BCUT2D eigenvalue weighted by molar-refractivity contribution is 0.309. The van der Waals surface area contributed by atoms with Crippen LogP contribution in [0.5, 0.6) is 0 Å². The van der Waals surface area contributed by atoms with E-state index in [2.05, 4.69) is 19.2 Å². The molecule has 0 spiro atoms. The first-order chi connectivity index (χ1) is 7.29. The van der Waals surface area contributed by atoms with Crippen LogP contribution in [0.3, 0.4) is 0 Å². The molecular weight excluding hydrogens is 222 g/mol. The second-order valence-electron chi connectivity index (χ2n) is 5.91. The van der Waals surface area contributed by atoms with Crippen molar-refractivity contribution in [2.24, 2.45) is 5.41 Å². The molecule has 1 rings (SSSR count). The van der Waals surface area contributed by atoms with E-state index in [9.17, 15) is 8.42 Å². The van der Waals surface area contributed by atoms with E-state index in [1.165, 1.54) is 31.9 Å². The molecule has 3 nitrogen and oxygen atoms in total. The van der Waals surface area contributed by atoms with Gasteiger partial charge >= 0.3 is 0 Å². The summed E-state index contributed by atoms with van der Waals surface area (Å²) in [5.41, 5.74) is 0.0751. The van der Waals surface area contributed by atoms with Crippen LogP contribution in [-0.4, -0.2) is 33.0 Å². The first-order valence-corrected chi connectivity index (χ1v) is 8.26. The molecular formula is C12H25NO2S. The van der Waals surface area contributed by atoms with Crippen LogP contribution in [-0.2, 0) is 9.84 Å². The van der Waals surface area contributed by atoms with Gasteiger partial charge in [-0.05, 0) is 24.7 Å². The number of rotatable bonds is 6. The standard InChI is InChI=1S/C12H25NO2S/c1-12(2,8-9-16(3,14)15)10-13-11-6-4-5-7-11/h11,13H,4-10H2,1-3H3. The van der Waals surface area contributed by atoms with Gasteiger partial charge in [-0.25, -0.2) is 8.42 Å². The molecule has 1 aliphatic carbocycles. The number of nitrogens with one attached hydrogen (secondary N) is 1. The van der Waals surface area contributed by atoms with Crippen LogP contribution in [0.1, 0.15) is 46.0 Å². The summed E-state index contributed by atoms with van der Waals surface area (Å²) in [4.78, 5) is 0. The third-order valence-electron chi connectivity index (χ3n) is 3.37. The summed E-state index contributed by atoms with van der Waals surface area (Å²) in [6.07, 6.45) is 7.28. The van der Waals surface area contributed by atoms with Gasteiger partial charge in [-0.1, -0.05) is 26.7 Å². The Kier molecular flexibility index (Phi) is 4.80. The SMILES string of the molecule is CC(C)(CCS(C)(=O)=O)CNC1CCCC1. The maximum absolute atomic E-state index is 11.1. The molecule has 1 fully saturated rings. The Morgan fingerprint density at radius 3 is 2.31 bits per heavy atom. The van der Waals surface area contributed by atoms with E-state index in [1.807, 2.05) is 0 Å². The van der Waals surface area contributed by atoms with Crippen LogP contribution in [0.4, 0.5) is 0 Å². The van der Waals surface area contributed by atoms with Crippen LogP contribution in [0.2, 0.25) is 0 Å². The summed E-state index contributed by atoms with van der Waals surface area (Å²) >= 11 is 0. The second-order valence-corrected chi connectivity index (χ2v) is 8.17. The lowest BCUT2D eigenvalue weighted by atomic mass is 9.90. The monoisotopic (exact) mass is 247 g/mol. The highest BCUT2D eigenvalue weighted by atomic mass is 32.2. The van der Waals surface area contributed by atoms with Crippen LogP contribution in [0, 0.1) is 5.41 Å². The van der Waals surface area contributed by atoms with Gasteiger partial charge in [0.2, 0.25) is 0 Å². The van der Waals surface area contributed by atoms with Gasteiger partial charge in [0.25, 0.3) is 0 Å². The molecule has 0 heterocycles. The van der Waals surface area contributed by atoms with E-state index in [0.29, 0.717) is 11.8 Å². The smallest absolute Gasteiger partial charge is 0.147 e. The van der Waals surface area contributed by atoms with E-state index >= 15 is 0 Å². The number of hydrogen-bond donors (Lipinski definition) is 1. The van der Waals surface area contributed by atoms with E-state index in [1.54, 1.807) is 0 Å². The lowest BCUT2D eigenvalue weighted by Crippen LogP contribution is -2.36. The Hall–Kier alpha value is -0.0900. The molecule has 0 aliphatic heterocycles. The average Bonchev–Trinajstić information content (AvgIpc) is 2.64. The molecule has 1 aliphatic rings. The van der Waals surface area contributed by atoms with Crippen LogP contribution in [0.25, 0.3) is 0 Å². The van der Waals surface area contributed by atoms with E-state index in [4.69, 9.17) is 0 Å². The highest BCUT2D eigenvalue weighted by Crippen LogP contribution is 2.23. The molecule has 0 unspecified atom stereocenters. The van der Waals surface area contributed by atoms with E-state index < -0.39 is 9.84 Å². The first kappa shape index (κ1) is 14.0. The topological polar surface area (TPSA) is 46.2 Å². The Bertz CT molecular complexity index is 303. The fraction of sp³-hybridized carbons (Fsp3) is 1.00. The molecule has 0 aromatic heterocycles. The maximum Gasteiger partial charge on any atom is 0.147 e. The molecule has 0 aromatic carbocycles. The van der Waals surface area contributed by atoms with Gasteiger partial charge in [0.15, 0.2) is 0 Å². The Morgan fingerprint density at radius 2 is 1.81 bits per heavy atom. The quantitative estimate of drug-likeness (QED) is 0.780. The highest BCUT2D eigenvalue weighted by Gasteiger charge is 2.22. The Balaban J connectivity index is 2.27. The van der Waals surface area contributed by atoms with Gasteiger partial charge < -0.3 is 5.32 Å². The van der Waals surface area contributed by atoms with Crippen molar-refractivity contribution in [1.82, 2.24) is 5.32 Å². The predicted molar refractivity (Wildman–Crippen MR) is 68.4 cm³/mol. The van der Waals surface area contributed by atoms with Crippen LogP contribution >= 0.6 is 0 Å². The van der Waals surface area contributed by atoms with E-state index in [-0.39, 0.29) is 5.41 Å². The number of sulfone groups is 1. The first-order valence-electron chi connectivity index (χ1n) is 6.20. The summed E-state index contributed by atoms with van der Waals surface area (Å²) in [7, 11) is -2.82. The fourth-order valence-electron chi connectivity index (χ4n) is 2.10. The third-order valence-corrected chi connectivity index (χ3v) is 4.32. The highest BCUT2D eigenvalue weighted by molar-refractivity contribution is 7.90. The zero-order chi connectivity index (χ0) is 12.2. The molecule has 0 radical (unpaired) electrons. The maximum atomic E-state index is 11.1. The number of hydrogen-bond acceptors (Lipinski definition) is 3.